The molecular formula is C16H17N4O6PS. The van der Waals surface area contributed by atoms with E-state index in [1.807, 2.05) is 18.2 Å². The van der Waals surface area contributed by atoms with Crippen molar-refractivity contribution in [2.75, 3.05) is 0 Å². The number of nitrogens with one attached hydrogen (secondary N) is 2. The lowest BCUT2D eigenvalue weighted by Gasteiger charge is -2.14. The first kappa shape index (κ1) is 20.3. The zero-order valence-corrected chi connectivity index (χ0v) is 16.3. The van der Waals surface area contributed by atoms with Crippen LogP contribution in [0.4, 0.5) is 0 Å². The Bertz CT molecular complexity index is 1030. The van der Waals surface area contributed by atoms with E-state index in [1.165, 1.54) is 17.5 Å². The summed E-state index contributed by atoms with van der Waals surface area (Å²) >= 11 is 1.24. The molecule has 0 fully saturated rings. The van der Waals surface area contributed by atoms with Crippen LogP contribution in [0.25, 0.3) is 10.2 Å². The lowest BCUT2D eigenvalue weighted by Crippen LogP contribution is -2.37. The molecule has 2 aromatic heterocycles. The number of aromatic hydroxyl groups is 1. The Morgan fingerprint density at radius 3 is 2.79 bits per heavy atom. The number of fused-ring (bicyclic) bond motifs is 1. The number of pyridine rings is 1. The van der Waals surface area contributed by atoms with Gasteiger partial charge in [-0.05, 0) is 19.1 Å². The zero-order valence-electron chi connectivity index (χ0n) is 14.6. The molecule has 0 bridgehead atoms. The highest BCUT2D eigenvalue weighted by Crippen LogP contribution is 2.38. The van der Waals surface area contributed by atoms with Crippen molar-refractivity contribution in [1.82, 2.24) is 20.8 Å². The molecule has 1 amide bonds. The summed E-state index contributed by atoms with van der Waals surface area (Å²) in [6, 6.07) is 7.36. The summed E-state index contributed by atoms with van der Waals surface area (Å²) in [6.07, 6.45) is 1.34. The number of rotatable bonds is 7. The molecule has 2 heterocycles. The van der Waals surface area contributed by atoms with Crippen LogP contribution in [0.1, 0.15) is 26.6 Å². The number of carbonyl (C=O) groups is 1. The Labute approximate surface area is 163 Å². The number of thiazole rings is 1. The third-order valence-electron chi connectivity index (χ3n) is 3.77. The molecule has 5 N–H and O–H groups in total. The van der Waals surface area contributed by atoms with Crippen LogP contribution in [0.5, 0.6) is 5.75 Å². The van der Waals surface area contributed by atoms with Crippen molar-refractivity contribution in [2.45, 2.75) is 20.1 Å². The lowest BCUT2D eigenvalue weighted by atomic mass is 10.1. The summed E-state index contributed by atoms with van der Waals surface area (Å²) in [7, 11) is -4.68. The van der Waals surface area contributed by atoms with E-state index in [2.05, 4.69) is 25.3 Å². The van der Waals surface area contributed by atoms with E-state index >= 15 is 0 Å². The normalized spacial score (nSPS) is 11.7. The molecule has 10 nitrogen and oxygen atoms in total. The summed E-state index contributed by atoms with van der Waals surface area (Å²) in [5.41, 5.74) is 6.78. The number of hydrogen-bond donors (Lipinski definition) is 5. The molecule has 0 radical (unpaired) electrons. The third-order valence-corrected chi connectivity index (χ3v) is 5.27. The number of nitrogens with zero attached hydrogens (tertiary/aromatic N) is 2. The van der Waals surface area contributed by atoms with Gasteiger partial charge in [0.2, 0.25) is 0 Å². The number of aryl methyl sites for hydroxylation is 1. The van der Waals surface area contributed by atoms with E-state index in [-0.39, 0.29) is 22.9 Å². The Morgan fingerprint density at radius 2 is 2.07 bits per heavy atom. The molecule has 148 valence electrons. The van der Waals surface area contributed by atoms with Gasteiger partial charge in [-0.15, -0.1) is 11.3 Å². The van der Waals surface area contributed by atoms with Gasteiger partial charge in [0.1, 0.15) is 5.75 Å². The minimum atomic E-state index is -4.68. The van der Waals surface area contributed by atoms with E-state index in [4.69, 9.17) is 9.79 Å². The molecule has 0 aliphatic heterocycles. The molecule has 3 rings (SSSR count). The number of carbonyl (C=O) groups excluding carboxylic acids is 1. The summed E-state index contributed by atoms with van der Waals surface area (Å²) < 4.78 is 16.3. The van der Waals surface area contributed by atoms with Crippen LogP contribution in [0, 0.1) is 6.92 Å². The van der Waals surface area contributed by atoms with Gasteiger partial charge in [0.05, 0.1) is 22.5 Å². The van der Waals surface area contributed by atoms with Crippen molar-refractivity contribution in [1.29, 1.82) is 0 Å². The maximum atomic E-state index is 12.3. The van der Waals surface area contributed by atoms with Gasteiger partial charge < -0.3 is 14.9 Å². The number of aromatic nitrogens is 2. The number of phosphoric acid groups is 1. The maximum Gasteiger partial charge on any atom is 0.469 e. The summed E-state index contributed by atoms with van der Waals surface area (Å²) in [5, 5.41) is 10.5. The van der Waals surface area contributed by atoms with Crippen molar-refractivity contribution in [2.24, 2.45) is 0 Å². The maximum absolute atomic E-state index is 12.3. The highest BCUT2D eigenvalue weighted by molar-refractivity contribution is 7.46. The minimum Gasteiger partial charge on any atom is -0.506 e. The first-order valence-electron chi connectivity index (χ1n) is 8.00. The highest BCUT2D eigenvalue weighted by Gasteiger charge is 2.18. The van der Waals surface area contributed by atoms with Gasteiger partial charge in [0, 0.05) is 23.9 Å². The summed E-state index contributed by atoms with van der Waals surface area (Å²) in [6.45, 7) is 1.10. The quantitative estimate of drug-likeness (QED) is 0.282. The van der Waals surface area contributed by atoms with E-state index in [0.717, 1.165) is 10.2 Å². The first-order chi connectivity index (χ1) is 13.2. The number of phosphoric ester groups is 1. The van der Waals surface area contributed by atoms with Gasteiger partial charge in [-0.2, -0.15) is 0 Å². The van der Waals surface area contributed by atoms with Crippen LogP contribution >= 0.6 is 19.2 Å². The van der Waals surface area contributed by atoms with Crippen molar-refractivity contribution in [3.8, 4) is 5.75 Å². The standard InChI is InChI=1S/C16H17N4O6PS/c1-9-14(21)11(10(6-17-9)8-26-27(23,24)25)7-18-20-15(22)16-19-12-4-2-3-5-13(12)28-16/h2-6,18,21H,7-8H2,1H3,(H,20,22)(H2,23,24,25). The fraction of sp³-hybridized carbons (Fsp3) is 0.188. The molecule has 0 atom stereocenters. The second kappa shape index (κ2) is 8.31. The van der Waals surface area contributed by atoms with Crippen LogP contribution in [0.15, 0.2) is 30.5 Å². The molecule has 28 heavy (non-hydrogen) atoms. The molecule has 0 aliphatic rings. The van der Waals surface area contributed by atoms with Crippen LogP contribution in [-0.4, -0.2) is 30.8 Å². The van der Waals surface area contributed by atoms with E-state index in [9.17, 15) is 14.5 Å². The average molecular weight is 424 g/mol. The van der Waals surface area contributed by atoms with Crippen molar-refractivity contribution in [3.05, 3.63) is 52.3 Å². The van der Waals surface area contributed by atoms with Gasteiger partial charge in [-0.3, -0.25) is 19.7 Å². The number of amides is 1. The first-order valence-corrected chi connectivity index (χ1v) is 10.3. The van der Waals surface area contributed by atoms with Gasteiger partial charge in [-0.1, -0.05) is 12.1 Å². The van der Waals surface area contributed by atoms with Crippen LogP contribution in [-0.2, 0) is 22.2 Å². The fourth-order valence-electron chi connectivity index (χ4n) is 2.40. The summed E-state index contributed by atoms with van der Waals surface area (Å²) in [4.78, 5) is 38.2. The van der Waals surface area contributed by atoms with Gasteiger partial charge in [-0.25, -0.2) is 15.0 Å². The number of benzene rings is 1. The number of hydrogen-bond acceptors (Lipinski definition) is 8. The van der Waals surface area contributed by atoms with Crippen molar-refractivity contribution in [3.63, 3.8) is 0 Å². The lowest BCUT2D eigenvalue weighted by molar-refractivity contribution is 0.0931. The Balaban J connectivity index is 1.68. The minimum absolute atomic E-state index is 0.0221. The predicted octanol–water partition coefficient (Wildman–Crippen LogP) is 1.75. The average Bonchev–Trinajstić information content (AvgIpc) is 3.08. The van der Waals surface area contributed by atoms with E-state index in [0.29, 0.717) is 11.3 Å². The van der Waals surface area contributed by atoms with Gasteiger partial charge in [0.25, 0.3) is 5.91 Å². The molecule has 0 aliphatic carbocycles. The Kier molecular flexibility index (Phi) is 6.04. The fourth-order valence-corrected chi connectivity index (χ4v) is 3.56. The van der Waals surface area contributed by atoms with Gasteiger partial charge >= 0.3 is 7.82 Å². The predicted molar refractivity (Wildman–Crippen MR) is 101 cm³/mol. The second-order valence-corrected chi connectivity index (χ2v) is 8.02. The molecule has 3 aromatic rings. The molecule has 12 heteroatoms. The van der Waals surface area contributed by atoms with Crippen LogP contribution < -0.4 is 10.9 Å². The van der Waals surface area contributed by atoms with Crippen LogP contribution in [0.3, 0.4) is 0 Å². The molecule has 0 saturated heterocycles. The smallest absolute Gasteiger partial charge is 0.469 e. The molecule has 0 saturated carbocycles. The van der Waals surface area contributed by atoms with Crippen molar-refractivity contribution >= 4 is 35.3 Å². The Morgan fingerprint density at radius 1 is 1.32 bits per heavy atom. The number of para-hydroxylation sites is 1. The number of hydrazine groups is 1. The monoisotopic (exact) mass is 424 g/mol. The van der Waals surface area contributed by atoms with E-state index < -0.39 is 20.3 Å². The van der Waals surface area contributed by atoms with Gasteiger partial charge in [0.15, 0.2) is 5.01 Å². The molecule has 0 unspecified atom stereocenters. The second-order valence-electron chi connectivity index (χ2n) is 5.75. The third kappa shape index (κ3) is 4.90. The largest absolute Gasteiger partial charge is 0.506 e. The topological polar surface area (TPSA) is 154 Å². The summed E-state index contributed by atoms with van der Waals surface area (Å²) in [5.74, 6) is -0.604. The van der Waals surface area contributed by atoms with Crippen molar-refractivity contribution < 1.29 is 28.8 Å². The molecular weight excluding hydrogens is 407 g/mol. The van der Waals surface area contributed by atoms with E-state index in [1.54, 1.807) is 13.0 Å². The zero-order chi connectivity index (χ0) is 20.3. The van der Waals surface area contributed by atoms with Crippen LogP contribution in [0.2, 0.25) is 0 Å². The molecule has 0 spiro atoms. The molecule has 1 aromatic carbocycles. The highest BCUT2D eigenvalue weighted by atomic mass is 32.1. The SMILES string of the molecule is Cc1ncc(COP(=O)(O)O)c(CNNC(=O)c2nc3ccccc3s2)c1O. The Hall–Kier alpha value is -2.40.